The van der Waals surface area contributed by atoms with Crippen LogP contribution >= 0.6 is 0 Å². The first-order valence-corrected chi connectivity index (χ1v) is 8.98. The molecule has 0 bridgehead atoms. The summed E-state index contributed by atoms with van der Waals surface area (Å²) in [7, 11) is 0. The average Bonchev–Trinajstić information content (AvgIpc) is 3.23. The lowest BCUT2D eigenvalue weighted by atomic mass is 9.85. The Labute approximate surface area is 156 Å². The SMILES string of the molecule is CC1=C(c2ccco2)C2(c3ccco3)C(C(=O)c3ccccc3)C2(C)C1=O. The molecule has 1 aromatic carbocycles. The minimum atomic E-state index is -0.871. The van der Waals surface area contributed by atoms with E-state index in [-0.39, 0.29) is 11.6 Å². The molecule has 134 valence electrons. The van der Waals surface area contributed by atoms with Gasteiger partial charge in [-0.05, 0) is 31.2 Å². The highest BCUT2D eigenvalue weighted by atomic mass is 16.3. The summed E-state index contributed by atoms with van der Waals surface area (Å²) in [6.45, 7) is 3.69. The lowest BCUT2D eigenvalue weighted by Gasteiger charge is -2.17. The Morgan fingerprint density at radius 1 is 0.963 bits per heavy atom. The number of carbonyl (C=O) groups is 2. The zero-order valence-electron chi connectivity index (χ0n) is 15.1. The Hall–Kier alpha value is -3.14. The van der Waals surface area contributed by atoms with Crippen LogP contribution < -0.4 is 0 Å². The van der Waals surface area contributed by atoms with Gasteiger partial charge in [0, 0.05) is 16.7 Å². The number of furan rings is 2. The first kappa shape index (κ1) is 16.1. The maximum Gasteiger partial charge on any atom is 0.168 e. The highest BCUT2D eigenvalue weighted by Gasteiger charge is 2.86. The van der Waals surface area contributed by atoms with E-state index in [4.69, 9.17) is 8.83 Å². The fraction of sp³-hybridized carbons (Fsp3) is 0.217. The Morgan fingerprint density at radius 3 is 2.30 bits per heavy atom. The molecule has 1 fully saturated rings. The number of hydrogen-bond donors (Lipinski definition) is 0. The van der Waals surface area contributed by atoms with Crippen LogP contribution in [0.3, 0.4) is 0 Å². The van der Waals surface area contributed by atoms with Crippen LogP contribution in [-0.4, -0.2) is 11.6 Å². The van der Waals surface area contributed by atoms with Gasteiger partial charge in [0.15, 0.2) is 11.6 Å². The van der Waals surface area contributed by atoms with Gasteiger partial charge in [-0.25, -0.2) is 0 Å². The van der Waals surface area contributed by atoms with Gasteiger partial charge in [0.25, 0.3) is 0 Å². The number of fused-ring (bicyclic) bond motifs is 1. The third kappa shape index (κ3) is 1.73. The van der Waals surface area contributed by atoms with Gasteiger partial charge in [0.1, 0.15) is 11.5 Å². The maximum atomic E-state index is 13.4. The van der Waals surface area contributed by atoms with Crippen molar-refractivity contribution in [3.8, 4) is 0 Å². The van der Waals surface area contributed by atoms with Gasteiger partial charge in [-0.2, -0.15) is 0 Å². The minimum absolute atomic E-state index is 0.0143. The molecule has 0 spiro atoms. The Balaban J connectivity index is 1.76. The number of carbonyl (C=O) groups excluding carboxylic acids is 2. The van der Waals surface area contributed by atoms with E-state index in [0.29, 0.717) is 22.7 Å². The normalized spacial score (nSPS) is 29.1. The summed E-state index contributed by atoms with van der Waals surface area (Å²) in [4.78, 5) is 26.8. The van der Waals surface area contributed by atoms with Crippen molar-refractivity contribution in [2.75, 3.05) is 0 Å². The standard InChI is InChI=1S/C23H18O4/c1-14-18(16-10-6-12-26-16)23(17-11-7-13-27-17)20(22(23,2)21(14)25)19(24)15-8-4-3-5-9-15/h3-13,20H,1-2H3. The van der Waals surface area contributed by atoms with E-state index in [1.807, 2.05) is 44.2 Å². The molecule has 3 unspecified atom stereocenters. The molecule has 2 aliphatic rings. The van der Waals surface area contributed by atoms with Gasteiger partial charge in [-0.15, -0.1) is 0 Å². The number of allylic oxidation sites excluding steroid dienone is 2. The van der Waals surface area contributed by atoms with Crippen LogP contribution in [0.2, 0.25) is 0 Å². The van der Waals surface area contributed by atoms with Crippen LogP contribution in [0.15, 0.2) is 81.5 Å². The summed E-state index contributed by atoms with van der Waals surface area (Å²) in [5, 5.41) is 0. The second-order valence-electron chi connectivity index (χ2n) is 7.46. The number of Topliss-reactive ketones (excluding diaryl/α,β-unsaturated/α-hetero) is 2. The van der Waals surface area contributed by atoms with Crippen molar-refractivity contribution in [1.82, 2.24) is 0 Å². The largest absolute Gasteiger partial charge is 0.468 e. The molecule has 4 heteroatoms. The minimum Gasteiger partial charge on any atom is -0.468 e. The van der Waals surface area contributed by atoms with Crippen LogP contribution in [0.1, 0.15) is 35.7 Å². The summed E-state index contributed by atoms with van der Waals surface area (Å²) < 4.78 is 11.5. The molecule has 4 nitrogen and oxygen atoms in total. The zero-order valence-corrected chi connectivity index (χ0v) is 15.1. The lowest BCUT2D eigenvalue weighted by molar-refractivity contribution is -0.120. The van der Waals surface area contributed by atoms with Crippen LogP contribution in [0, 0.1) is 11.3 Å². The van der Waals surface area contributed by atoms with Crippen LogP contribution in [0.4, 0.5) is 0 Å². The van der Waals surface area contributed by atoms with Gasteiger partial charge >= 0.3 is 0 Å². The summed E-state index contributed by atoms with van der Waals surface area (Å²) >= 11 is 0. The summed E-state index contributed by atoms with van der Waals surface area (Å²) in [6.07, 6.45) is 3.17. The fourth-order valence-electron chi connectivity index (χ4n) is 5.18. The molecule has 2 aliphatic carbocycles. The van der Waals surface area contributed by atoms with Crippen LogP contribution in [0.25, 0.3) is 5.57 Å². The van der Waals surface area contributed by atoms with Crippen molar-refractivity contribution in [2.45, 2.75) is 19.3 Å². The van der Waals surface area contributed by atoms with Gasteiger partial charge in [0.05, 0.1) is 29.3 Å². The van der Waals surface area contributed by atoms with Crippen molar-refractivity contribution >= 4 is 17.1 Å². The Bertz CT molecular complexity index is 1070. The molecule has 0 aliphatic heterocycles. The van der Waals surface area contributed by atoms with Crippen molar-refractivity contribution in [1.29, 1.82) is 0 Å². The molecule has 0 amide bonds. The van der Waals surface area contributed by atoms with E-state index in [1.54, 1.807) is 36.8 Å². The number of benzene rings is 1. The molecule has 5 rings (SSSR count). The monoisotopic (exact) mass is 358 g/mol. The van der Waals surface area contributed by atoms with Gasteiger partial charge < -0.3 is 8.83 Å². The van der Waals surface area contributed by atoms with Crippen LogP contribution in [-0.2, 0) is 10.2 Å². The quantitative estimate of drug-likeness (QED) is 0.635. The number of hydrogen-bond acceptors (Lipinski definition) is 4. The summed E-state index contributed by atoms with van der Waals surface area (Å²) in [5.41, 5.74) is 0.311. The molecule has 27 heavy (non-hydrogen) atoms. The predicted octanol–water partition coefficient (Wildman–Crippen LogP) is 4.69. The van der Waals surface area contributed by atoms with Crippen LogP contribution in [0.5, 0.6) is 0 Å². The topological polar surface area (TPSA) is 60.4 Å². The predicted molar refractivity (Wildman–Crippen MR) is 99.1 cm³/mol. The average molecular weight is 358 g/mol. The summed E-state index contributed by atoms with van der Waals surface area (Å²) in [5.74, 6) is 0.675. The fourth-order valence-corrected chi connectivity index (χ4v) is 5.18. The third-order valence-corrected chi connectivity index (χ3v) is 6.33. The highest BCUT2D eigenvalue weighted by molar-refractivity contribution is 6.24. The van der Waals surface area contributed by atoms with Gasteiger partial charge in [-0.3, -0.25) is 9.59 Å². The van der Waals surface area contributed by atoms with Crippen molar-refractivity contribution < 1.29 is 18.4 Å². The van der Waals surface area contributed by atoms with E-state index in [1.165, 1.54) is 0 Å². The van der Waals surface area contributed by atoms with Crippen molar-refractivity contribution in [3.63, 3.8) is 0 Å². The van der Waals surface area contributed by atoms with E-state index in [2.05, 4.69) is 0 Å². The molecule has 2 heterocycles. The molecule has 2 aromatic heterocycles. The molecule has 0 N–H and O–H groups in total. The zero-order chi connectivity index (χ0) is 18.8. The molecule has 0 saturated heterocycles. The smallest absolute Gasteiger partial charge is 0.168 e. The van der Waals surface area contributed by atoms with E-state index < -0.39 is 16.7 Å². The molecular weight excluding hydrogens is 340 g/mol. The van der Waals surface area contributed by atoms with Gasteiger partial charge in [0.2, 0.25) is 0 Å². The summed E-state index contributed by atoms with van der Waals surface area (Å²) in [6, 6.07) is 16.4. The van der Waals surface area contributed by atoms with E-state index in [0.717, 1.165) is 5.57 Å². The lowest BCUT2D eigenvalue weighted by Crippen LogP contribution is -2.18. The number of ketones is 2. The number of rotatable bonds is 4. The first-order chi connectivity index (χ1) is 13.0. The van der Waals surface area contributed by atoms with E-state index >= 15 is 0 Å². The third-order valence-electron chi connectivity index (χ3n) is 6.33. The molecular formula is C23H18O4. The molecule has 3 aromatic rings. The Kier molecular flexibility index (Phi) is 3.09. The van der Waals surface area contributed by atoms with E-state index in [9.17, 15) is 9.59 Å². The van der Waals surface area contributed by atoms with Crippen molar-refractivity contribution in [3.05, 3.63) is 89.8 Å². The highest BCUT2D eigenvalue weighted by Crippen LogP contribution is 2.80. The second kappa shape index (κ2) is 5.19. The second-order valence-corrected chi connectivity index (χ2v) is 7.46. The van der Waals surface area contributed by atoms with Crippen molar-refractivity contribution in [2.24, 2.45) is 11.3 Å². The molecule has 1 saturated carbocycles. The molecule has 3 atom stereocenters. The first-order valence-electron chi connectivity index (χ1n) is 8.98. The Morgan fingerprint density at radius 2 is 1.67 bits per heavy atom. The molecule has 0 radical (unpaired) electrons. The maximum absolute atomic E-state index is 13.4. The van der Waals surface area contributed by atoms with Gasteiger partial charge in [-0.1, -0.05) is 37.3 Å².